The molecule has 0 unspecified atom stereocenters. The van der Waals surface area contributed by atoms with Crippen molar-refractivity contribution in [3.05, 3.63) is 42.0 Å². The number of rotatable bonds is 4. The van der Waals surface area contributed by atoms with Gasteiger partial charge in [0.1, 0.15) is 5.75 Å². The monoisotopic (exact) mass is 410 g/mol. The molecule has 1 N–H and O–H groups in total. The van der Waals surface area contributed by atoms with E-state index in [-0.39, 0.29) is 24.8 Å². The quantitative estimate of drug-likeness (QED) is 0.797. The Labute approximate surface area is 163 Å². The molecule has 1 saturated heterocycles. The van der Waals surface area contributed by atoms with Crippen LogP contribution in [0.2, 0.25) is 0 Å². The van der Waals surface area contributed by atoms with Crippen molar-refractivity contribution in [3.63, 3.8) is 0 Å². The molecule has 0 spiro atoms. The third-order valence-corrected chi connectivity index (χ3v) is 4.47. The van der Waals surface area contributed by atoms with Crippen molar-refractivity contribution in [3.8, 4) is 5.75 Å². The van der Waals surface area contributed by atoms with Crippen LogP contribution in [0.1, 0.15) is 18.0 Å². The smallest absolute Gasteiger partial charge is 0.390 e. The van der Waals surface area contributed by atoms with Crippen LogP contribution in [-0.4, -0.2) is 44.4 Å². The highest BCUT2D eigenvalue weighted by atomic mass is 35.5. The first-order valence-electron chi connectivity index (χ1n) is 8.05. The third-order valence-electron chi connectivity index (χ3n) is 4.47. The lowest BCUT2D eigenvalue weighted by molar-refractivity contribution is -0.148. The maximum absolute atomic E-state index is 13.1. The highest BCUT2D eigenvalue weighted by Crippen LogP contribution is 2.35. The minimum absolute atomic E-state index is 0. The van der Waals surface area contributed by atoms with Crippen LogP contribution in [0.4, 0.5) is 13.2 Å². The normalized spacial score (nSPS) is 16.5. The predicted octanol–water partition coefficient (Wildman–Crippen LogP) is 4.59. The fraction of sp³-hybridized carbons (Fsp3) is 0.444. The molecule has 2 aromatic rings. The largest absolute Gasteiger partial charge is 0.497 e. The summed E-state index contributed by atoms with van der Waals surface area (Å²) in [6.07, 6.45) is -5.01. The Bertz CT molecular complexity index is 706. The summed E-state index contributed by atoms with van der Waals surface area (Å²) in [5.41, 5.74) is 0.715. The van der Waals surface area contributed by atoms with Crippen LogP contribution < -0.4 is 10.1 Å². The van der Waals surface area contributed by atoms with Gasteiger partial charge in [0.15, 0.2) is 0 Å². The molecule has 0 amide bonds. The fourth-order valence-electron chi connectivity index (χ4n) is 3.25. The van der Waals surface area contributed by atoms with Crippen LogP contribution in [0.5, 0.6) is 5.75 Å². The average molecular weight is 411 g/mol. The molecule has 0 bridgehead atoms. The van der Waals surface area contributed by atoms with Gasteiger partial charge in [-0.05, 0) is 34.5 Å². The van der Waals surface area contributed by atoms with Gasteiger partial charge in [0.05, 0.1) is 13.5 Å². The molecule has 1 atom stereocenters. The maximum atomic E-state index is 13.1. The zero-order chi connectivity index (χ0) is 17.2. The van der Waals surface area contributed by atoms with Crippen LogP contribution in [0, 0.1) is 0 Å². The van der Waals surface area contributed by atoms with Gasteiger partial charge in [-0.2, -0.15) is 13.2 Å². The molecule has 0 radical (unpaired) electrons. The Hall–Kier alpha value is -1.21. The fourth-order valence-corrected chi connectivity index (χ4v) is 3.25. The summed E-state index contributed by atoms with van der Waals surface area (Å²) in [4.78, 5) is 1.93. The third kappa shape index (κ3) is 5.64. The number of fused-ring (bicyclic) bond motifs is 1. The average Bonchev–Trinajstić information content (AvgIpc) is 2.59. The molecule has 3 nitrogen and oxygen atoms in total. The number of piperazine rings is 1. The first-order chi connectivity index (χ1) is 11.5. The van der Waals surface area contributed by atoms with Crippen LogP contribution in [0.25, 0.3) is 10.8 Å². The summed E-state index contributed by atoms with van der Waals surface area (Å²) in [5.74, 6) is 0.740. The summed E-state index contributed by atoms with van der Waals surface area (Å²) in [7, 11) is 1.60. The second-order valence-corrected chi connectivity index (χ2v) is 6.09. The zero-order valence-electron chi connectivity index (χ0n) is 14.4. The second kappa shape index (κ2) is 9.65. The van der Waals surface area contributed by atoms with E-state index in [1.165, 1.54) is 0 Å². The van der Waals surface area contributed by atoms with E-state index in [4.69, 9.17) is 4.74 Å². The molecule has 2 aromatic carbocycles. The highest BCUT2D eigenvalue weighted by Gasteiger charge is 2.36. The Morgan fingerprint density at radius 1 is 1.04 bits per heavy atom. The van der Waals surface area contributed by atoms with Crippen molar-refractivity contribution in [1.29, 1.82) is 0 Å². The number of methoxy groups -OCH3 is 1. The molecular formula is C18H23Cl2F3N2O. The first kappa shape index (κ1) is 22.8. The predicted molar refractivity (Wildman–Crippen MR) is 103 cm³/mol. The summed E-state index contributed by atoms with van der Waals surface area (Å²) in [6.45, 7) is 2.70. The van der Waals surface area contributed by atoms with Gasteiger partial charge in [0, 0.05) is 32.2 Å². The second-order valence-electron chi connectivity index (χ2n) is 6.09. The van der Waals surface area contributed by atoms with E-state index in [0.717, 1.165) is 29.6 Å². The van der Waals surface area contributed by atoms with Gasteiger partial charge in [-0.1, -0.05) is 18.2 Å². The van der Waals surface area contributed by atoms with E-state index in [0.29, 0.717) is 18.7 Å². The lowest BCUT2D eigenvalue weighted by Crippen LogP contribution is -2.46. The minimum atomic E-state index is -4.19. The molecule has 1 heterocycles. The zero-order valence-corrected chi connectivity index (χ0v) is 16.0. The number of nitrogens with one attached hydrogen (secondary N) is 1. The molecule has 146 valence electrons. The lowest BCUT2D eigenvalue weighted by atomic mass is 9.97. The highest BCUT2D eigenvalue weighted by molar-refractivity contribution is 5.86. The van der Waals surface area contributed by atoms with Crippen LogP contribution in [0.15, 0.2) is 36.4 Å². The van der Waals surface area contributed by atoms with E-state index in [9.17, 15) is 13.2 Å². The van der Waals surface area contributed by atoms with E-state index < -0.39 is 18.6 Å². The van der Waals surface area contributed by atoms with Crippen molar-refractivity contribution in [2.24, 2.45) is 0 Å². The molecule has 26 heavy (non-hydrogen) atoms. The van der Waals surface area contributed by atoms with Gasteiger partial charge in [-0.3, -0.25) is 4.90 Å². The summed E-state index contributed by atoms with van der Waals surface area (Å²) in [5, 5.41) is 5.08. The van der Waals surface area contributed by atoms with Gasteiger partial charge in [0.25, 0.3) is 0 Å². The first-order valence-corrected chi connectivity index (χ1v) is 8.05. The molecular weight excluding hydrogens is 388 g/mol. The Balaban J connectivity index is 0.00000169. The standard InChI is InChI=1S/C18H21F3N2O.2ClH/c1-24-16-5-4-13-10-15(3-2-14(13)11-16)17(12-18(19,20)21)23-8-6-22-7-9-23;;/h2-5,10-11,17,22H,6-9,12H2,1H3;2*1H/t17-;;/m0../s1. The number of nitrogens with zero attached hydrogens (tertiary/aromatic N) is 1. The number of benzene rings is 2. The van der Waals surface area contributed by atoms with Crippen molar-refractivity contribution in [2.75, 3.05) is 33.3 Å². The SMILES string of the molecule is COc1ccc2cc([C@H](CC(F)(F)F)N3CCNCC3)ccc2c1.Cl.Cl. The van der Waals surface area contributed by atoms with Crippen molar-refractivity contribution in [2.45, 2.75) is 18.6 Å². The van der Waals surface area contributed by atoms with Crippen molar-refractivity contribution >= 4 is 35.6 Å². The number of halogens is 5. The van der Waals surface area contributed by atoms with Gasteiger partial charge < -0.3 is 10.1 Å². The molecule has 1 aliphatic heterocycles. The Kier molecular flexibility index (Phi) is 8.47. The number of hydrogen-bond acceptors (Lipinski definition) is 3. The molecule has 1 fully saturated rings. The minimum Gasteiger partial charge on any atom is -0.497 e. The summed E-state index contributed by atoms with van der Waals surface area (Å²) < 4.78 is 44.5. The summed E-state index contributed by atoms with van der Waals surface area (Å²) >= 11 is 0. The van der Waals surface area contributed by atoms with Gasteiger partial charge in [0.2, 0.25) is 0 Å². The van der Waals surface area contributed by atoms with Gasteiger partial charge >= 0.3 is 6.18 Å². The molecule has 0 aromatic heterocycles. The molecule has 1 aliphatic rings. The van der Waals surface area contributed by atoms with Crippen LogP contribution in [0.3, 0.4) is 0 Å². The Morgan fingerprint density at radius 2 is 1.65 bits per heavy atom. The Morgan fingerprint density at radius 3 is 2.27 bits per heavy atom. The molecule has 0 saturated carbocycles. The molecule has 3 rings (SSSR count). The molecule has 8 heteroatoms. The van der Waals surface area contributed by atoms with Crippen LogP contribution in [-0.2, 0) is 0 Å². The van der Waals surface area contributed by atoms with Gasteiger partial charge in [-0.25, -0.2) is 0 Å². The lowest BCUT2D eigenvalue weighted by Gasteiger charge is -2.35. The van der Waals surface area contributed by atoms with Crippen LogP contribution >= 0.6 is 24.8 Å². The van der Waals surface area contributed by atoms with E-state index in [1.807, 2.05) is 35.2 Å². The van der Waals surface area contributed by atoms with E-state index in [2.05, 4.69) is 5.32 Å². The van der Waals surface area contributed by atoms with E-state index >= 15 is 0 Å². The maximum Gasteiger partial charge on any atom is 0.390 e. The van der Waals surface area contributed by atoms with Gasteiger partial charge in [-0.15, -0.1) is 24.8 Å². The van der Waals surface area contributed by atoms with E-state index in [1.54, 1.807) is 13.2 Å². The molecule has 0 aliphatic carbocycles. The number of hydrogen-bond donors (Lipinski definition) is 1. The van der Waals surface area contributed by atoms with Crippen molar-refractivity contribution in [1.82, 2.24) is 10.2 Å². The topological polar surface area (TPSA) is 24.5 Å². The number of alkyl halides is 3. The number of ether oxygens (including phenoxy) is 1. The van der Waals surface area contributed by atoms with Crippen molar-refractivity contribution < 1.29 is 17.9 Å². The summed E-state index contributed by atoms with van der Waals surface area (Å²) in [6, 6.07) is 10.5.